The van der Waals surface area contributed by atoms with Crippen LogP contribution in [0.2, 0.25) is 0 Å². The molecule has 27 heavy (non-hydrogen) atoms. The second-order valence-corrected chi connectivity index (χ2v) is 8.77. The van der Waals surface area contributed by atoms with Gasteiger partial charge < -0.3 is 5.32 Å². The number of sulfonamides is 1. The summed E-state index contributed by atoms with van der Waals surface area (Å²) >= 11 is 0. The van der Waals surface area contributed by atoms with Crippen molar-refractivity contribution < 1.29 is 17.6 Å². The van der Waals surface area contributed by atoms with Gasteiger partial charge in [-0.2, -0.15) is 4.31 Å². The number of rotatable bonds is 5. The van der Waals surface area contributed by atoms with Crippen molar-refractivity contribution >= 4 is 15.9 Å². The van der Waals surface area contributed by atoms with Gasteiger partial charge in [-0.25, -0.2) is 12.8 Å². The van der Waals surface area contributed by atoms with Gasteiger partial charge in [0.25, 0.3) is 5.91 Å². The van der Waals surface area contributed by atoms with Crippen LogP contribution in [0.1, 0.15) is 47.3 Å². The third-order valence-electron chi connectivity index (χ3n) is 4.87. The quantitative estimate of drug-likeness (QED) is 0.851. The largest absolute Gasteiger partial charge is 0.346 e. The molecule has 1 aliphatic rings. The fourth-order valence-corrected chi connectivity index (χ4v) is 4.74. The molecule has 1 saturated heterocycles. The lowest BCUT2D eigenvalue weighted by molar-refractivity contribution is 0.0939. The number of hydrogen-bond donors (Lipinski definition) is 1. The van der Waals surface area contributed by atoms with E-state index in [1.165, 1.54) is 22.5 Å². The van der Waals surface area contributed by atoms with E-state index in [-0.39, 0.29) is 22.7 Å². The fourth-order valence-electron chi connectivity index (χ4n) is 3.19. The lowest BCUT2D eigenvalue weighted by atomic mass is 10.1. The number of halogens is 1. The topological polar surface area (TPSA) is 66.5 Å². The molecule has 5 nitrogen and oxygen atoms in total. The summed E-state index contributed by atoms with van der Waals surface area (Å²) in [6, 6.07) is 10.2. The van der Waals surface area contributed by atoms with Gasteiger partial charge in [0.15, 0.2) is 0 Å². The first-order valence-corrected chi connectivity index (χ1v) is 10.4. The summed E-state index contributed by atoms with van der Waals surface area (Å²) in [7, 11) is -3.59. The van der Waals surface area contributed by atoms with Crippen LogP contribution in [-0.4, -0.2) is 31.7 Å². The number of carbonyl (C=O) groups is 1. The third kappa shape index (κ3) is 4.20. The maximum absolute atomic E-state index is 13.1. The van der Waals surface area contributed by atoms with Gasteiger partial charge in [-0.3, -0.25) is 4.79 Å². The Morgan fingerprint density at radius 3 is 2.37 bits per heavy atom. The van der Waals surface area contributed by atoms with E-state index in [2.05, 4.69) is 5.32 Å². The summed E-state index contributed by atoms with van der Waals surface area (Å²) in [6.07, 6.45) is 1.71. The normalized spacial score (nSPS) is 16.3. The van der Waals surface area contributed by atoms with Crippen molar-refractivity contribution in [1.82, 2.24) is 9.62 Å². The molecule has 2 aromatic carbocycles. The molecule has 2 aromatic rings. The van der Waals surface area contributed by atoms with Gasteiger partial charge >= 0.3 is 0 Å². The summed E-state index contributed by atoms with van der Waals surface area (Å²) in [4.78, 5) is 12.9. The molecule has 0 aliphatic carbocycles. The zero-order chi connectivity index (χ0) is 19.6. The Hall–Kier alpha value is -2.25. The molecule has 144 valence electrons. The maximum atomic E-state index is 13.1. The van der Waals surface area contributed by atoms with Crippen LogP contribution in [0.3, 0.4) is 0 Å². The second kappa shape index (κ2) is 7.78. The Balaban J connectivity index is 1.83. The number of aryl methyl sites for hydroxylation is 1. The van der Waals surface area contributed by atoms with E-state index in [1.807, 2.05) is 0 Å². The fraction of sp³-hybridized carbons (Fsp3) is 0.350. The van der Waals surface area contributed by atoms with Crippen molar-refractivity contribution in [1.29, 1.82) is 0 Å². The van der Waals surface area contributed by atoms with Crippen molar-refractivity contribution in [3.63, 3.8) is 0 Å². The number of amides is 1. The molecule has 1 N–H and O–H groups in total. The van der Waals surface area contributed by atoms with Gasteiger partial charge in [0.05, 0.1) is 10.9 Å². The Bertz CT molecular complexity index is 936. The number of nitrogens with zero attached hydrogens (tertiary/aromatic N) is 1. The Labute approximate surface area is 159 Å². The van der Waals surface area contributed by atoms with Crippen LogP contribution in [0.25, 0.3) is 0 Å². The SMILES string of the molecule is Cc1ccc(S(=O)(=O)N2CCCC2)cc1C(=O)N[C@H](C)c1ccc(F)cc1. The van der Waals surface area contributed by atoms with E-state index in [0.717, 1.165) is 18.4 Å². The first kappa shape index (κ1) is 19.5. The highest BCUT2D eigenvalue weighted by Gasteiger charge is 2.28. The molecule has 0 saturated carbocycles. The van der Waals surface area contributed by atoms with Crippen molar-refractivity contribution in [3.05, 3.63) is 65.0 Å². The number of benzene rings is 2. The van der Waals surface area contributed by atoms with Crippen LogP contribution in [0.15, 0.2) is 47.4 Å². The van der Waals surface area contributed by atoms with Gasteiger partial charge in [-0.05, 0) is 62.1 Å². The first-order valence-electron chi connectivity index (χ1n) is 8.96. The summed E-state index contributed by atoms with van der Waals surface area (Å²) in [6.45, 7) is 4.59. The van der Waals surface area contributed by atoms with Crippen molar-refractivity contribution in [2.75, 3.05) is 13.1 Å². The van der Waals surface area contributed by atoms with Gasteiger partial charge in [0.2, 0.25) is 10.0 Å². The van der Waals surface area contributed by atoms with Crippen molar-refractivity contribution in [2.45, 2.75) is 37.6 Å². The van der Waals surface area contributed by atoms with E-state index in [0.29, 0.717) is 24.2 Å². The highest BCUT2D eigenvalue weighted by atomic mass is 32.2. The molecule has 0 unspecified atom stereocenters. The summed E-state index contributed by atoms with van der Waals surface area (Å²) < 4.78 is 40.0. The molecule has 0 radical (unpaired) electrons. The van der Waals surface area contributed by atoms with E-state index in [1.54, 1.807) is 38.1 Å². The number of carbonyl (C=O) groups excluding carboxylic acids is 1. The third-order valence-corrected chi connectivity index (χ3v) is 6.77. The minimum Gasteiger partial charge on any atom is -0.346 e. The Morgan fingerprint density at radius 2 is 1.74 bits per heavy atom. The maximum Gasteiger partial charge on any atom is 0.252 e. The average molecular weight is 390 g/mol. The van der Waals surface area contributed by atoms with Crippen molar-refractivity contribution in [3.8, 4) is 0 Å². The lowest BCUT2D eigenvalue weighted by Gasteiger charge is -2.18. The Kier molecular flexibility index (Phi) is 5.62. The average Bonchev–Trinajstić information content (AvgIpc) is 3.18. The molecule has 7 heteroatoms. The number of hydrogen-bond acceptors (Lipinski definition) is 3. The van der Waals surface area contributed by atoms with Gasteiger partial charge in [-0.15, -0.1) is 0 Å². The highest BCUT2D eigenvalue weighted by Crippen LogP contribution is 2.23. The summed E-state index contributed by atoms with van der Waals surface area (Å²) in [5.74, 6) is -0.698. The van der Waals surface area contributed by atoms with Gasteiger partial charge in [0, 0.05) is 18.7 Å². The predicted molar refractivity (Wildman–Crippen MR) is 101 cm³/mol. The van der Waals surface area contributed by atoms with Crippen LogP contribution in [0.5, 0.6) is 0 Å². The molecule has 1 aliphatic heterocycles. The lowest BCUT2D eigenvalue weighted by Crippen LogP contribution is -2.29. The van der Waals surface area contributed by atoms with E-state index >= 15 is 0 Å². The minimum atomic E-state index is -3.59. The molecule has 0 aromatic heterocycles. The second-order valence-electron chi connectivity index (χ2n) is 6.83. The monoisotopic (exact) mass is 390 g/mol. The Morgan fingerprint density at radius 1 is 1.11 bits per heavy atom. The molecule has 0 bridgehead atoms. The molecule has 0 spiro atoms. The van der Waals surface area contributed by atoms with Gasteiger partial charge in [0.1, 0.15) is 5.82 Å². The minimum absolute atomic E-state index is 0.134. The standard InChI is InChI=1S/C20H23FN2O3S/c1-14-5-10-18(27(25,26)23-11-3-4-12-23)13-19(14)20(24)22-15(2)16-6-8-17(21)9-7-16/h5-10,13,15H,3-4,11-12H2,1-2H3,(H,22,24)/t15-/m1/s1. The molecular weight excluding hydrogens is 367 g/mol. The van der Waals surface area contributed by atoms with Crippen LogP contribution in [-0.2, 0) is 10.0 Å². The van der Waals surface area contributed by atoms with E-state index < -0.39 is 10.0 Å². The predicted octanol–water partition coefficient (Wildman–Crippen LogP) is 3.41. The highest BCUT2D eigenvalue weighted by molar-refractivity contribution is 7.89. The van der Waals surface area contributed by atoms with E-state index in [4.69, 9.17) is 0 Å². The zero-order valence-electron chi connectivity index (χ0n) is 15.4. The van der Waals surface area contributed by atoms with Crippen LogP contribution in [0.4, 0.5) is 4.39 Å². The van der Waals surface area contributed by atoms with Crippen LogP contribution < -0.4 is 5.32 Å². The first-order chi connectivity index (χ1) is 12.8. The zero-order valence-corrected chi connectivity index (χ0v) is 16.2. The van der Waals surface area contributed by atoms with Gasteiger partial charge in [-0.1, -0.05) is 18.2 Å². The van der Waals surface area contributed by atoms with E-state index in [9.17, 15) is 17.6 Å². The van der Waals surface area contributed by atoms with Crippen molar-refractivity contribution in [2.24, 2.45) is 0 Å². The van der Waals surface area contributed by atoms with Crippen LogP contribution in [0, 0.1) is 12.7 Å². The summed E-state index contributed by atoms with van der Waals surface area (Å²) in [5.41, 5.74) is 1.78. The smallest absolute Gasteiger partial charge is 0.252 e. The molecular formula is C20H23FN2O3S. The summed E-state index contributed by atoms with van der Waals surface area (Å²) in [5, 5.41) is 2.85. The molecule has 1 heterocycles. The molecule has 1 amide bonds. The van der Waals surface area contributed by atoms with Crippen LogP contribution >= 0.6 is 0 Å². The molecule has 1 atom stereocenters. The molecule has 1 fully saturated rings. The molecule has 3 rings (SSSR count). The number of nitrogens with one attached hydrogen (secondary N) is 1.